The summed E-state index contributed by atoms with van der Waals surface area (Å²) in [7, 11) is 1.89. The second-order valence-corrected chi connectivity index (χ2v) is 5.48. The number of carbonyl (C=O) groups is 1. The normalized spacial score (nSPS) is 12.1. The van der Waals surface area contributed by atoms with E-state index < -0.39 is 0 Å². The van der Waals surface area contributed by atoms with Crippen LogP contribution in [0.25, 0.3) is 0 Å². The van der Waals surface area contributed by atoms with Gasteiger partial charge in [-0.15, -0.1) is 0 Å². The summed E-state index contributed by atoms with van der Waals surface area (Å²) in [6.45, 7) is 4.06. The van der Waals surface area contributed by atoms with Crippen molar-refractivity contribution in [3.05, 3.63) is 53.3 Å². The first kappa shape index (κ1) is 15.3. The van der Waals surface area contributed by atoms with E-state index in [1.54, 1.807) is 0 Å². The number of aromatic amines is 1. The fourth-order valence-electron chi connectivity index (χ4n) is 2.49. The Kier molecular flexibility index (Phi) is 5.14. The predicted molar refractivity (Wildman–Crippen MR) is 84.0 cm³/mol. The molecule has 1 heterocycles. The second kappa shape index (κ2) is 7.07. The Morgan fingerprint density at radius 2 is 2.05 bits per heavy atom. The van der Waals surface area contributed by atoms with Crippen LogP contribution in [0.4, 0.5) is 0 Å². The van der Waals surface area contributed by atoms with Gasteiger partial charge in [-0.2, -0.15) is 5.10 Å². The van der Waals surface area contributed by atoms with Gasteiger partial charge in [0.05, 0.1) is 12.1 Å². The molecule has 0 saturated heterocycles. The van der Waals surface area contributed by atoms with Gasteiger partial charge in [0.2, 0.25) is 5.91 Å². The average Bonchev–Trinajstić information content (AvgIpc) is 2.90. The van der Waals surface area contributed by atoms with Crippen LogP contribution < -0.4 is 0 Å². The van der Waals surface area contributed by atoms with Crippen molar-refractivity contribution < 1.29 is 4.79 Å². The number of nitrogens with zero attached hydrogens (tertiary/aromatic N) is 2. The molecule has 0 aliphatic carbocycles. The summed E-state index contributed by atoms with van der Waals surface area (Å²) < 4.78 is 0. The van der Waals surface area contributed by atoms with E-state index in [1.165, 1.54) is 5.56 Å². The van der Waals surface area contributed by atoms with Gasteiger partial charge in [-0.05, 0) is 31.4 Å². The molecule has 1 aromatic heterocycles. The molecular formula is C17H23N3O. The average molecular weight is 285 g/mol. The third-order valence-corrected chi connectivity index (χ3v) is 3.82. The Balaban J connectivity index is 1.98. The zero-order chi connectivity index (χ0) is 15.2. The van der Waals surface area contributed by atoms with Gasteiger partial charge in [-0.25, -0.2) is 0 Å². The van der Waals surface area contributed by atoms with E-state index in [-0.39, 0.29) is 11.9 Å². The summed E-state index contributed by atoms with van der Waals surface area (Å²) in [5.74, 6) is 0.115. The van der Waals surface area contributed by atoms with Crippen LogP contribution in [0.2, 0.25) is 0 Å². The molecule has 0 unspecified atom stereocenters. The molecule has 0 radical (unpaired) electrons. The van der Waals surface area contributed by atoms with Crippen molar-refractivity contribution in [3.8, 4) is 0 Å². The van der Waals surface area contributed by atoms with Crippen molar-refractivity contribution in [2.24, 2.45) is 0 Å². The lowest BCUT2D eigenvalue weighted by molar-refractivity contribution is -0.131. The Morgan fingerprint density at radius 1 is 1.33 bits per heavy atom. The lowest BCUT2D eigenvalue weighted by Gasteiger charge is -2.27. The number of hydrogen-bond donors (Lipinski definition) is 1. The number of nitrogens with one attached hydrogen (secondary N) is 1. The highest BCUT2D eigenvalue weighted by Gasteiger charge is 2.19. The summed E-state index contributed by atoms with van der Waals surface area (Å²) in [4.78, 5) is 14.2. The van der Waals surface area contributed by atoms with E-state index in [1.807, 2.05) is 43.1 Å². The summed E-state index contributed by atoms with van der Waals surface area (Å²) in [6.07, 6.45) is 2.18. The quantitative estimate of drug-likeness (QED) is 0.887. The molecule has 1 N–H and O–H groups in total. The molecule has 0 bridgehead atoms. The molecule has 0 spiro atoms. The second-order valence-electron chi connectivity index (χ2n) is 5.48. The zero-order valence-electron chi connectivity index (χ0n) is 13.0. The number of aromatic nitrogens is 2. The Bertz CT molecular complexity index is 577. The SMILES string of the molecule is CC[C@@H](Cc1ccccc1)N(C)C(=O)Cc1cc(C)[nH]n1. The predicted octanol–water partition coefficient (Wildman–Crippen LogP) is 2.74. The number of H-pyrrole nitrogens is 1. The van der Waals surface area contributed by atoms with E-state index in [9.17, 15) is 4.79 Å². The highest BCUT2D eigenvalue weighted by atomic mass is 16.2. The first-order valence-electron chi connectivity index (χ1n) is 7.40. The number of carbonyl (C=O) groups excluding carboxylic acids is 1. The molecule has 112 valence electrons. The minimum atomic E-state index is 0.115. The van der Waals surface area contributed by atoms with Crippen molar-refractivity contribution in [1.29, 1.82) is 0 Å². The Morgan fingerprint density at radius 3 is 2.62 bits per heavy atom. The zero-order valence-corrected chi connectivity index (χ0v) is 13.0. The molecule has 1 amide bonds. The van der Waals surface area contributed by atoms with Crippen LogP contribution in [0.3, 0.4) is 0 Å². The Hall–Kier alpha value is -2.10. The molecule has 0 aliphatic rings. The maximum absolute atomic E-state index is 12.4. The molecule has 0 fully saturated rings. The van der Waals surface area contributed by atoms with Gasteiger partial charge in [0.1, 0.15) is 0 Å². The van der Waals surface area contributed by atoms with Gasteiger partial charge in [-0.3, -0.25) is 9.89 Å². The van der Waals surface area contributed by atoms with Gasteiger partial charge in [0.15, 0.2) is 0 Å². The number of rotatable bonds is 6. The minimum Gasteiger partial charge on any atom is -0.342 e. The first-order chi connectivity index (χ1) is 10.1. The van der Waals surface area contributed by atoms with Gasteiger partial charge < -0.3 is 4.90 Å². The summed E-state index contributed by atoms with van der Waals surface area (Å²) in [6, 6.07) is 12.5. The number of aryl methyl sites for hydroxylation is 1. The summed E-state index contributed by atoms with van der Waals surface area (Å²) >= 11 is 0. The number of benzene rings is 1. The van der Waals surface area contributed by atoms with Crippen molar-refractivity contribution in [2.75, 3.05) is 7.05 Å². The molecule has 1 aromatic carbocycles. The third-order valence-electron chi connectivity index (χ3n) is 3.82. The summed E-state index contributed by atoms with van der Waals surface area (Å²) in [5, 5.41) is 7.01. The molecule has 21 heavy (non-hydrogen) atoms. The van der Waals surface area contributed by atoms with E-state index in [0.717, 1.165) is 24.2 Å². The van der Waals surface area contributed by atoms with Gasteiger partial charge >= 0.3 is 0 Å². The van der Waals surface area contributed by atoms with Gasteiger partial charge in [0.25, 0.3) is 0 Å². The fourth-order valence-corrected chi connectivity index (χ4v) is 2.49. The smallest absolute Gasteiger partial charge is 0.228 e. The number of hydrogen-bond acceptors (Lipinski definition) is 2. The largest absolute Gasteiger partial charge is 0.342 e. The molecule has 0 saturated carbocycles. The van der Waals surface area contributed by atoms with Crippen LogP contribution in [0.15, 0.2) is 36.4 Å². The highest BCUT2D eigenvalue weighted by molar-refractivity contribution is 5.78. The van der Waals surface area contributed by atoms with Crippen molar-refractivity contribution in [1.82, 2.24) is 15.1 Å². The molecule has 1 atom stereocenters. The maximum atomic E-state index is 12.4. The lowest BCUT2D eigenvalue weighted by Crippen LogP contribution is -2.39. The van der Waals surface area contributed by atoms with Crippen molar-refractivity contribution >= 4 is 5.91 Å². The van der Waals surface area contributed by atoms with Crippen LogP contribution in [0.1, 0.15) is 30.3 Å². The highest BCUT2D eigenvalue weighted by Crippen LogP contribution is 2.12. The lowest BCUT2D eigenvalue weighted by atomic mass is 10.0. The van der Waals surface area contributed by atoms with Gasteiger partial charge in [0, 0.05) is 18.8 Å². The van der Waals surface area contributed by atoms with E-state index in [2.05, 4.69) is 29.3 Å². The number of amides is 1. The van der Waals surface area contributed by atoms with Crippen LogP contribution >= 0.6 is 0 Å². The van der Waals surface area contributed by atoms with E-state index in [4.69, 9.17) is 0 Å². The van der Waals surface area contributed by atoms with Crippen molar-refractivity contribution in [3.63, 3.8) is 0 Å². The molecule has 4 nitrogen and oxygen atoms in total. The standard InChI is InChI=1S/C17H23N3O/c1-4-16(11-14-8-6-5-7-9-14)20(3)17(21)12-15-10-13(2)18-19-15/h5-10,16H,4,11-12H2,1-3H3,(H,18,19)/t16-/m0/s1. The fraction of sp³-hybridized carbons (Fsp3) is 0.412. The summed E-state index contributed by atoms with van der Waals surface area (Å²) in [5.41, 5.74) is 3.05. The molecule has 2 aromatic rings. The van der Waals surface area contributed by atoms with Crippen LogP contribution in [0.5, 0.6) is 0 Å². The van der Waals surface area contributed by atoms with E-state index in [0.29, 0.717) is 6.42 Å². The van der Waals surface area contributed by atoms with Crippen molar-refractivity contribution in [2.45, 2.75) is 39.2 Å². The molecule has 2 rings (SSSR count). The first-order valence-corrected chi connectivity index (χ1v) is 7.40. The third kappa shape index (κ3) is 4.18. The minimum absolute atomic E-state index is 0.115. The molecule has 4 heteroatoms. The van der Waals surface area contributed by atoms with Gasteiger partial charge in [-0.1, -0.05) is 37.3 Å². The van der Waals surface area contributed by atoms with Crippen LogP contribution in [0, 0.1) is 6.92 Å². The number of likely N-dealkylation sites (N-methyl/N-ethyl adjacent to an activating group) is 1. The molecular weight excluding hydrogens is 262 g/mol. The van der Waals surface area contributed by atoms with Crippen LogP contribution in [-0.2, 0) is 17.6 Å². The topological polar surface area (TPSA) is 49.0 Å². The maximum Gasteiger partial charge on any atom is 0.228 e. The monoisotopic (exact) mass is 285 g/mol. The van der Waals surface area contributed by atoms with Crippen LogP contribution in [-0.4, -0.2) is 34.1 Å². The Labute approximate surface area is 126 Å². The van der Waals surface area contributed by atoms with E-state index >= 15 is 0 Å². The molecule has 0 aliphatic heterocycles.